The molecule has 0 aromatic carbocycles. The van der Waals surface area contributed by atoms with E-state index in [0.29, 0.717) is 12.0 Å². The predicted molar refractivity (Wildman–Crippen MR) is 45.4 cm³/mol. The summed E-state index contributed by atoms with van der Waals surface area (Å²) in [4.78, 5) is 0. The molecule has 0 aromatic heterocycles. The Morgan fingerprint density at radius 3 is 2.75 bits per heavy atom. The molecule has 0 amide bonds. The molecule has 0 aromatic rings. The van der Waals surface area contributed by atoms with Crippen LogP contribution in [0.2, 0.25) is 0 Å². The van der Waals surface area contributed by atoms with E-state index in [1.54, 1.807) is 13.1 Å². The number of halogens is 2. The minimum absolute atomic E-state index is 0.237. The molecule has 0 unspecified atom stereocenters. The molecule has 0 heterocycles. The molecular formula is C9H15F2N. The van der Waals surface area contributed by atoms with Crippen LogP contribution in [0.1, 0.15) is 25.7 Å². The summed E-state index contributed by atoms with van der Waals surface area (Å²) in [5.41, 5.74) is 0.322. The molecule has 0 aliphatic heterocycles. The average Bonchev–Trinajstić information content (AvgIpc) is 2.06. The van der Waals surface area contributed by atoms with Crippen LogP contribution in [-0.2, 0) is 0 Å². The van der Waals surface area contributed by atoms with Crippen molar-refractivity contribution in [1.82, 2.24) is 5.32 Å². The number of allylic oxidation sites excluding steroid dienone is 1. The van der Waals surface area contributed by atoms with Gasteiger partial charge in [-0.05, 0) is 38.3 Å². The van der Waals surface area contributed by atoms with Crippen LogP contribution in [0.4, 0.5) is 8.78 Å². The Bertz CT molecular complexity index is 175. The van der Waals surface area contributed by atoms with Crippen LogP contribution in [-0.4, -0.2) is 19.5 Å². The Labute approximate surface area is 71.8 Å². The summed E-state index contributed by atoms with van der Waals surface area (Å²) < 4.78 is 26.4. The first-order chi connectivity index (χ1) is 5.67. The smallest absolute Gasteiger partial charge is 0.281 e. The first-order valence-corrected chi connectivity index (χ1v) is 4.39. The van der Waals surface area contributed by atoms with E-state index in [1.165, 1.54) is 0 Å². The summed E-state index contributed by atoms with van der Waals surface area (Å²) in [6.07, 6.45) is 5.04. The lowest BCUT2D eigenvalue weighted by molar-refractivity contribution is 0.0387. The van der Waals surface area contributed by atoms with Gasteiger partial charge in [-0.3, -0.25) is 0 Å². The van der Waals surface area contributed by atoms with Crippen molar-refractivity contribution in [3.8, 4) is 0 Å². The van der Waals surface area contributed by atoms with Crippen LogP contribution >= 0.6 is 0 Å². The minimum atomic E-state index is -2.63. The van der Waals surface area contributed by atoms with Crippen molar-refractivity contribution in [1.29, 1.82) is 0 Å². The van der Waals surface area contributed by atoms with E-state index >= 15 is 0 Å². The summed E-state index contributed by atoms with van der Waals surface area (Å²) in [6, 6.07) is 0. The van der Waals surface area contributed by atoms with E-state index in [-0.39, 0.29) is 6.54 Å². The second kappa shape index (κ2) is 3.99. The van der Waals surface area contributed by atoms with Gasteiger partial charge in [-0.25, -0.2) is 8.78 Å². The summed E-state index contributed by atoms with van der Waals surface area (Å²) in [5, 5.41) is 2.51. The molecule has 1 rings (SSSR count). The lowest BCUT2D eigenvalue weighted by Gasteiger charge is -2.22. The fourth-order valence-electron chi connectivity index (χ4n) is 1.51. The van der Waals surface area contributed by atoms with Gasteiger partial charge in [0.25, 0.3) is 5.92 Å². The molecule has 0 spiro atoms. The van der Waals surface area contributed by atoms with Gasteiger partial charge < -0.3 is 5.32 Å². The van der Waals surface area contributed by atoms with E-state index in [2.05, 4.69) is 5.32 Å². The second-order valence-corrected chi connectivity index (χ2v) is 3.21. The maximum atomic E-state index is 13.2. The summed E-state index contributed by atoms with van der Waals surface area (Å²) in [7, 11) is 1.55. The zero-order valence-corrected chi connectivity index (χ0v) is 7.37. The summed E-state index contributed by atoms with van der Waals surface area (Å²) in [6.45, 7) is -0.237. The normalized spacial score (nSPS) is 19.1. The highest BCUT2D eigenvalue weighted by Crippen LogP contribution is 2.31. The number of hydrogen-bond donors (Lipinski definition) is 1. The zero-order chi connectivity index (χ0) is 9.03. The van der Waals surface area contributed by atoms with Gasteiger partial charge in [0.15, 0.2) is 0 Å². The van der Waals surface area contributed by atoms with Crippen LogP contribution < -0.4 is 5.32 Å². The van der Waals surface area contributed by atoms with Crippen LogP contribution in [0.25, 0.3) is 0 Å². The first-order valence-electron chi connectivity index (χ1n) is 4.39. The third-order valence-corrected chi connectivity index (χ3v) is 2.16. The second-order valence-electron chi connectivity index (χ2n) is 3.21. The quantitative estimate of drug-likeness (QED) is 0.649. The van der Waals surface area contributed by atoms with Gasteiger partial charge in [-0.1, -0.05) is 6.08 Å². The maximum Gasteiger partial charge on any atom is 0.281 e. The van der Waals surface area contributed by atoms with Crippen molar-refractivity contribution in [2.45, 2.75) is 31.6 Å². The molecule has 70 valence electrons. The van der Waals surface area contributed by atoms with E-state index in [4.69, 9.17) is 0 Å². The molecule has 1 aliphatic carbocycles. The van der Waals surface area contributed by atoms with Gasteiger partial charge in [0.05, 0.1) is 6.54 Å². The van der Waals surface area contributed by atoms with Gasteiger partial charge in [-0.15, -0.1) is 0 Å². The summed E-state index contributed by atoms with van der Waals surface area (Å²) in [5.74, 6) is -2.63. The Kier molecular flexibility index (Phi) is 3.20. The molecule has 0 saturated carbocycles. The highest BCUT2D eigenvalue weighted by Gasteiger charge is 2.33. The largest absolute Gasteiger partial charge is 0.314 e. The van der Waals surface area contributed by atoms with Crippen molar-refractivity contribution >= 4 is 0 Å². The highest BCUT2D eigenvalue weighted by atomic mass is 19.3. The molecule has 0 atom stereocenters. The molecule has 0 bridgehead atoms. The topological polar surface area (TPSA) is 12.0 Å². The number of hydrogen-bond acceptors (Lipinski definition) is 1. The molecule has 3 heteroatoms. The molecule has 0 saturated heterocycles. The van der Waals surface area contributed by atoms with Gasteiger partial charge in [0.2, 0.25) is 0 Å². The van der Waals surface area contributed by atoms with Gasteiger partial charge >= 0.3 is 0 Å². The third-order valence-electron chi connectivity index (χ3n) is 2.16. The summed E-state index contributed by atoms with van der Waals surface area (Å²) >= 11 is 0. The van der Waals surface area contributed by atoms with Crippen molar-refractivity contribution in [2.75, 3.05) is 13.6 Å². The number of alkyl halides is 2. The van der Waals surface area contributed by atoms with Crippen LogP contribution in [0, 0.1) is 0 Å². The molecule has 12 heavy (non-hydrogen) atoms. The lowest BCUT2D eigenvalue weighted by Crippen LogP contribution is -2.33. The highest BCUT2D eigenvalue weighted by molar-refractivity contribution is 5.15. The van der Waals surface area contributed by atoms with Crippen LogP contribution in [0.3, 0.4) is 0 Å². The fraction of sp³-hybridized carbons (Fsp3) is 0.778. The van der Waals surface area contributed by atoms with E-state index in [9.17, 15) is 8.78 Å². The van der Waals surface area contributed by atoms with E-state index in [0.717, 1.165) is 19.3 Å². The van der Waals surface area contributed by atoms with Gasteiger partial charge in [0, 0.05) is 0 Å². The average molecular weight is 175 g/mol. The Morgan fingerprint density at radius 2 is 2.25 bits per heavy atom. The Hall–Kier alpha value is -0.440. The fourth-order valence-corrected chi connectivity index (χ4v) is 1.51. The molecule has 1 N–H and O–H groups in total. The molecule has 0 fully saturated rings. The zero-order valence-electron chi connectivity index (χ0n) is 7.37. The van der Waals surface area contributed by atoms with Crippen molar-refractivity contribution in [3.05, 3.63) is 11.6 Å². The first kappa shape index (κ1) is 9.65. The Balaban J connectivity index is 2.59. The van der Waals surface area contributed by atoms with Crippen molar-refractivity contribution in [2.24, 2.45) is 0 Å². The van der Waals surface area contributed by atoms with Gasteiger partial charge in [-0.2, -0.15) is 0 Å². The Morgan fingerprint density at radius 1 is 1.50 bits per heavy atom. The SMILES string of the molecule is CNCC(F)(F)C1=CCCCC1. The van der Waals surface area contributed by atoms with Crippen molar-refractivity contribution in [3.63, 3.8) is 0 Å². The number of nitrogens with one attached hydrogen (secondary N) is 1. The van der Waals surface area contributed by atoms with Crippen molar-refractivity contribution < 1.29 is 8.78 Å². The van der Waals surface area contributed by atoms with Crippen LogP contribution in [0.15, 0.2) is 11.6 Å². The van der Waals surface area contributed by atoms with E-state index < -0.39 is 5.92 Å². The standard InChI is InChI=1S/C9H15F2N/c1-12-7-9(10,11)8-5-3-2-4-6-8/h5,12H,2-4,6-7H2,1H3. The number of rotatable bonds is 3. The molecule has 0 radical (unpaired) electrons. The molecule has 1 nitrogen and oxygen atoms in total. The van der Waals surface area contributed by atoms with Crippen LogP contribution in [0.5, 0.6) is 0 Å². The molecule has 1 aliphatic rings. The van der Waals surface area contributed by atoms with E-state index in [1.807, 2.05) is 0 Å². The maximum absolute atomic E-state index is 13.2. The van der Waals surface area contributed by atoms with Gasteiger partial charge in [0.1, 0.15) is 0 Å². The third kappa shape index (κ3) is 2.27. The monoisotopic (exact) mass is 175 g/mol. The predicted octanol–water partition coefficient (Wildman–Crippen LogP) is 2.34. The molecular weight excluding hydrogens is 160 g/mol. The lowest BCUT2D eigenvalue weighted by atomic mass is 9.95. The minimum Gasteiger partial charge on any atom is -0.314 e.